The summed E-state index contributed by atoms with van der Waals surface area (Å²) in [7, 11) is -0.407. The largest absolute Gasteiger partial charge is 0.498 e. The van der Waals surface area contributed by atoms with Crippen LogP contribution in [0.15, 0.2) is 12.4 Å². The molecule has 0 bridgehead atoms. The van der Waals surface area contributed by atoms with Crippen molar-refractivity contribution >= 4 is 18.5 Å². The van der Waals surface area contributed by atoms with E-state index in [1.807, 2.05) is 12.4 Å². The summed E-state index contributed by atoms with van der Waals surface area (Å²) >= 11 is 0. The molecule has 7 nitrogen and oxygen atoms in total. The van der Waals surface area contributed by atoms with Crippen LogP contribution in [-0.2, 0) is 9.31 Å². The lowest BCUT2D eigenvalue weighted by Crippen LogP contribution is -2.42. The average Bonchev–Trinajstić information content (AvgIpc) is 3.48. The number of rotatable bonds is 7. The van der Waals surface area contributed by atoms with Crippen LogP contribution in [-0.4, -0.2) is 72.0 Å². The molecule has 0 aromatic carbocycles. The summed E-state index contributed by atoms with van der Waals surface area (Å²) in [4.78, 5) is 14.3. The van der Waals surface area contributed by atoms with Crippen LogP contribution in [0, 0.1) is 5.92 Å². The molecule has 29 heavy (non-hydrogen) atoms. The molecule has 2 aliphatic heterocycles. The number of nitrogens with zero attached hydrogens (tertiary/aromatic N) is 4. The van der Waals surface area contributed by atoms with Gasteiger partial charge < -0.3 is 24.8 Å². The van der Waals surface area contributed by atoms with Gasteiger partial charge in [0.2, 0.25) is 5.95 Å². The molecule has 1 aromatic heterocycles. The van der Waals surface area contributed by atoms with Crippen molar-refractivity contribution in [2.24, 2.45) is 11.7 Å². The molecule has 160 valence electrons. The Hall–Kier alpha value is -1.22. The Kier molecular flexibility index (Phi) is 5.90. The molecule has 0 radical (unpaired) electrons. The Labute approximate surface area is 175 Å². The van der Waals surface area contributed by atoms with Crippen molar-refractivity contribution < 1.29 is 9.31 Å². The summed E-state index contributed by atoms with van der Waals surface area (Å²) in [6.07, 6.45) is 8.71. The smallest absolute Gasteiger partial charge is 0.399 e. The number of anilines is 1. The van der Waals surface area contributed by atoms with Crippen molar-refractivity contribution in [2.45, 2.75) is 70.6 Å². The summed E-state index contributed by atoms with van der Waals surface area (Å²) in [6, 6.07) is 0.597. The Morgan fingerprint density at radius 2 is 1.66 bits per heavy atom. The highest BCUT2D eigenvalue weighted by Gasteiger charge is 2.52. The van der Waals surface area contributed by atoms with Crippen LogP contribution >= 0.6 is 0 Å². The fourth-order valence-corrected chi connectivity index (χ4v) is 4.21. The first-order valence-corrected chi connectivity index (χ1v) is 11.2. The highest BCUT2D eigenvalue weighted by Crippen LogP contribution is 2.36. The molecular formula is C21H36BN5O2. The van der Waals surface area contributed by atoms with Crippen molar-refractivity contribution in [3.8, 4) is 0 Å². The quantitative estimate of drug-likeness (QED) is 0.693. The minimum absolute atomic E-state index is 0.352. The molecule has 1 saturated carbocycles. The van der Waals surface area contributed by atoms with E-state index in [4.69, 9.17) is 25.0 Å². The van der Waals surface area contributed by atoms with Gasteiger partial charge in [0.05, 0.1) is 11.2 Å². The second-order valence-electron chi connectivity index (χ2n) is 9.86. The Bertz CT molecular complexity index is 671. The zero-order chi connectivity index (χ0) is 20.6. The van der Waals surface area contributed by atoms with Crippen molar-refractivity contribution in [2.75, 3.05) is 37.6 Å². The van der Waals surface area contributed by atoms with Gasteiger partial charge in [0.1, 0.15) is 0 Å². The van der Waals surface area contributed by atoms with Gasteiger partial charge in [0.25, 0.3) is 0 Å². The first-order valence-electron chi connectivity index (χ1n) is 11.2. The van der Waals surface area contributed by atoms with Gasteiger partial charge in [-0.05, 0) is 72.4 Å². The van der Waals surface area contributed by atoms with Gasteiger partial charge in [-0.3, -0.25) is 0 Å². The molecule has 1 aliphatic carbocycles. The molecule has 0 unspecified atom stereocenters. The molecule has 0 atom stereocenters. The molecule has 3 fully saturated rings. The molecule has 3 aliphatic rings. The minimum atomic E-state index is -0.407. The number of piperidine rings is 1. The predicted octanol–water partition coefficient (Wildman–Crippen LogP) is 1.42. The van der Waals surface area contributed by atoms with E-state index in [0.717, 1.165) is 44.1 Å². The summed E-state index contributed by atoms with van der Waals surface area (Å²) < 4.78 is 12.3. The maximum atomic E-state index is 6.13. The molecule has 0 spiro atoms. The van der Waals surface area contributed by atoms with Crippen molar-refractivity contribution in [3.63, 3.8) is 0 Å². The summed E-state index contributed by atoms with van der Waals surface area (Å²) in [6.45, 7) is 13.4. The number of likely N-dealkylation sites (tertiary alicyclic amines) is 1. The van der Waals surface area contributed by atoms with Crippen LogP contribution in [0.5, 0.6) is 0 Å². The zero-order valence-electron chi connectivity index (χ0n) is 18.4. The topological polar surface area (TPSA) is 76.7 Å². The fraction of sp³-hybridized carbons (Fsp3) is 0.810. The standard InChI is InChI=1S/C21H36BN5O2/c1-20(2)21(3,4)29-22(28-20)17-13-24-19(25-14-17)27(18-5-6-18)15-16-7-10-26(11-8-16)12-9-23/h13-14,16,18H,5-12,15,23H2,1-4H3. The highest BCUT2D eigenvalue weighted by molar-refractivity contribution is 6.61. The summed E-state index contributed by atoms with van der Waals surface area (Å²) in [5.41, 5.74) is 5.88. The molecule has 2 N–H and O–H groups in total. The van der Waals surface area contributed by atoms with E-state index in [2.05, 4.69) is 37.5 Å². The van der Waals surface area contributed by atoms with Crippen LogP contribution < -0.4 is 16.1 Å². The lowest BCUT2D eigenvalue weighted by molar-refractivity contribution is 0.00578. The Morgan fingerprint density at radius 3 is 2.17 bits per heavy atom. The van der Waals surface area contributed by atoms with E-state index in [-0.39, 0.29) is 11.2 Å². The van der Waals surface area contributed by atoms with E-state index < -0.39 is 7.12 Å². The lowest BCUT2D eigenvalue weighted by Gasteiger charge is -2.34. The molecule has 0 amide bonds. The Balaban J connectivity index is 1.39. The first-order chi connectivity index (χ1) is 13.8. The summed E-state index contributed by atoms with van der Waals surface area (Å²) in [5.74, 6) is 1.55. The van der Waals surface area contributed by atoms with E-state index in [1.165, 1.54) is 25.7 Å². The number of aromatic nitrogens is 2. The van der Waals surface area contributed by atoms with Crippen LogP contribution in [0.3, 0.4) is 0 Å². The van der Waals surface area contributed by atoms with Crippen LogP contribution in [0.4, 0.5) is 5.95 Å². The SMILES string of the molecule is CC1(C)OB(c2cnc(N(CC3CCN(CCN)CC3)C3CC3)nc2)OC1(C)C. The predicted molar refractivity (Wildman–Crippen MR) is 116 cm³/mol. The molecule has 8 heteroatoms. The van der Waals surface area contributed by atoms with Crippen LogP contribution in [0.1, 0.15) is 53.4 Å². The second kappa shape index (κ2) is 8.14. The number of hydrogen-bond donors (Lipinski definition) is 1. The molecule has 2 saturated heterocycles. The fourth-order valence-electron chi connectivity index (χ4n) is 4.21. The van der Waals surface area contributed by atoms with Gasteiger partial charge in [-0.2, -0.15) is 0 Å². The van der Waals surface area contributed by atoms with Gasteiger partial charge in [0.15, 0.2) is 0 Å². The van der Waals surface area contributed by atoms with Crippen molar-refractivity contribution in [1.82, 2.24) is 14.9 Å². The molecule has 3 heterocycles. The number of hydrogen-bond acceptors (Lipinski definition) is 7. The highest BCUT2D eigenvalue weighted by atomic mass is 16.7. The first kappa shape index (κ1) is 21.0. The third-order valence-corrected chi connectivity index (χ3v) is 7.04. The van der Waals surface area contributed by atoms with Gasteiger partial charge >= 0.3 is 7.12 Å². The third-order valence-electron chi connectivity index (χ3n) is 7.04. The van der Waals surface area contributed by atoms with Crippen LogP contribution in [0.2, 0.25) is 0 Å². The Morgan fingerprint density at radius 1 is 1.07 bits per heavy atom. The normalized spacial score (nSPS) is 24.8. The van der Waals surface area contributed by atoms with Gasteiger partial charge in [-0.15, -0.1) is 0 Å². The zero-order valence-corrected chi connectivity index (χ0v) is 18.4. The monoisotopic (exact) mass is 401 g/mol. The van der Waals surface area contributed by atoms with E-state index in [0.29, 0.717) is 12.0 Å². The summed E-state index contributed by atoms with van der Waals surface area (Å²) in [5, 5.41) is 0. The molecular weight excluding hydrogens is 365 g/mol. The third kappa shape index (κ3) is 4.60. The van der Waals surface area contributed by atoms with Gasteiger partial charge in [0, 0.05) is 43.5 Å². The average molecular weight is 401 g/mol. The van der Waals surface area contributed by atoms with Gasteiger partial charge in [-0.25, -0.2) is 9.97 Å². The molecule has 4 rings (SSSR count). The molecule has 1 aromatic rings. The maximum Gasteiger partial charge on any atom is 0.498 e. The van der Waals surface area contributed by atoms with Crippen molar-refractivity contribution in [1.29, 1.82) is 0 Å². The van der Waals surface area contributed by atoms with Crippen LogP contribution in [0.25, 0.3) is 0 Å². The van der Waals surface area contributed by atoms with E-state index >= 15 is 0 Å². The van der Waals surface area contributed by atoms with Crippen molar-refractivity contribution in [3.05, 3.63) is 12.4 Å². The van der Waals surface area contributed by atoms with Gasteiger partial charge in [-0.1, -0.05) is 0 Å². The van der Waals surface area contributed by atoms with E-state index in [9.17, 15) is 0 Å². The lowest BCUT2D eigenvalue weighted by atomic mass is 9.81. The second-order valence-corrected chi connectivity index (χ2v) is 9.86. The van der Waals surface area contributed by atoms with E-state index in [1.54, 1.807) is 0 Å². The number of nitrogens with two attached hydrogens (primary N) is 1. The minimum Gasteiger partial charge on any atom is -0.399 e. The maximum absolute atomic E-state index is 6.13.